The highest BCUT2D eigenvalue weighted by Gasteiger charge is 2.31. The van der Waals surface area contributed by atoms with E-state index in [1.54, 1.807) is 6.20 Å². The Morgan fingerprint density at radius 3 is 2.55 bits per heavy atom. The van der Waals surface area contributed by atoms with Crippen LogP contribution in [0.4, 0.5) is 5.82 Å². The van der Waals surface area contributed by atoms with Crippen LogP contribution >= 0.6 is 0 Å². The number of carbonyl (C=O) groups excluding carboxylic acids is 1. The summed E-state index contributed by atoms with van der Waals surface area (Å²) < 4.78 is 0. The molecule has 0 saturated carbocycles. The average Bonchev–Trinajstić information content (AvgIpc) is 2.82. The molecular formula is C25H29N5O. The van der Waals surface area contributed by atoms with Gasteiger partial charge in [-0.3, -0.25) is 9.78 Å². The number of benzene rings is 1. The summed E-state index contributed by atoms with van der Waals surface area (Å²) in [5.74, 6) is 0.324. The Balaban J connectivity index is 1.64. The highest BCUT2D eigenvalue weighted by molar-refractivity contribution is 5.84. The van der Waals surface area contributed by atoms with Gasteiger partial charge in [0, 0.05) is 36.0 Å². The molecule has 0 spiro atoms. The highest BCUT2D eigenvalue weighted by atomic mass is 16.1. The number of rotatable bonds is 8. The summed E-state index contributed by atoms with van der Waals surface area (Å²) in [5, 5.41) is 6.84. The molecule has 4 rings (SSSR count). The number of piperidine rings is 1. The normalized spacial score (nSPS) is 15.4. The van der Waals surface area contributed by atoms with E-state index >= 15 is 0 Å². The van der Waals surface area contributed by atoms with E-state index < -0.39 is 0 Å². The first-order valence-corrected chi connectivity index (χ1v) is 10.9. The fraction of sp³-hybridized carbons (Fsp3) is 0.320. The Hall–Kier alpha value is -3.25. The summed E-state index contributed by atoms with van der Waals surface area (Å²) >= 11 is 0. The summed E-state index contributed by atoms with van der Waals surface area (Å²) in [7, 11) is 0. The molecule has 4 N–H and O–H groups in total. The van der Waals surface area contributed by atoms with E-state index in [0.29, 0.717) is 6.54 Å². The minimum atomic E-state index is -0.350. The monoisotopic (exact) mass is 415 g/mol. The first kappa shape index (κ1) is 21.0. The fourth-order valence-electron chi connectivity index (χ4n) is 4.30. The third-order valence-electron chi connectivity index (χ3n) is 5.89. The van der Waals surface area contributed by atoms with Gasteiger partial charge in [0.2, 0.25) is 5.91 Å². The number of anilines is 1. The number of carbonyl (C=O) groups is 1. The van der Waals surface area contributed by atoms with Crippen molar-refractivity contribution in [3.05, 3.63) is 78.1 Å². The number of primary amides is 1. The van der Waals surface area contributed by atoms with Gasteiger partial charge in [0.1, 0.15) is 5.82 Å². The molecule has 1 aromatic carbocycles. The van der Waals surface area contributed by atoms with Gasteiger partial charge in [-0.25, -0.2) is 4.98 Å². The fourth-order valence-corrected chi connectivity index (χ4v) is 4.30. The van der Waals surface area contributed by atoms with Crippen LogP contribution in [-0.2, 0) is 11.2 Å². The maximum absolute atomic E-state index is 12.5. The van der Waals surface area contributed by atoms with Gasteiger partial charge in [-0.1, -0.05) is 42.5 Å². The molecule has 1 aliphatic rings. The standard InChI is InChI=1S/C25H29N5O/c26-24(31)23(19-11-15-27-16-12-19)21-9-10-22(18-6-2-1-3-7-18)30-25(21)29-17-13-20-8-4-5-14-28-20/h1-10,14,19,23,27H,11-13,15-17H2,(H2,26,31)(H,29,30). The lowest BCUT2D eigenvalue weighted by Gasteiger charge is -2.30. The van der Waals surface area contributed by atoms with E-state index in [9.17, 15) is 4.79 Å². The lowest BCUT2D eigenvalue weighted by Crippen LogP contribution is -2.36. The largest absolute Gasteiger partial charge is 0.369 e. The van der Waals surface area contributed by atoms with Crippen LogP contribution in [0.3, 0.4) is 0 Å². The van der Waals surface area contributed by atoms with Gasteiger partial charge in [0.05, 0.1) is 11.6 Å². The van der Waals surface area contributed by atoms with Crippen LogP contribution in [0.15, 0.2) is 66.9 Å². The molecule has 1 unspecified atom stereocenters. The Kier molecular flexibility index (Phi) is 6.89. The molecule has 1 atom stereocenters. The first-order valence-electron chi connectivity index (χ1n) is 10.9. The number of pyridine rings is 2. The van der Waals surface area contributed by atoms with Gasteiger partial charge in [0.25, 0.3) is 0 Å². The maximum atomic E-state index is 12.5. The first-order chi connectivity index (χ1) is 15.2. The Morgan fingerprint density at radius 2 is 1.84 bits per heavy atom. The molecule has 0 aliphatic carbocycles. The van der Waals surface area contributed by atoms with Crippen molar-refractivity contribution < 1.29 is 4.79 Å². The predicted octanol–water partition coefficient (Wildman–Crippen LogP) is 3.37. The summed E-state index contributed by atoms with van der Waals surface area (Å²) in [4.78, 5) is 21.8. The van der Waals surface area contributed by atoms with Crippen LogP contribution in [0.2, 0.25) is 0 Å². The van der Waals surface area contributed by atoms with Gasteiger partial charge >= 0.3 is 0 Å². The zero-order chi connectivity index (χ0) is 21.5. The second kappa shape index (κ2) is 10.2. The van der Waals surface area contributed by atoms with E-state index in [1.807, 2.05) is 60.7 Å². The van der Waals surface area contributed by atoms with Crippen LogP contribution in [-0.4, -0.2) is 35.5 Å². The van der Waals surface area contributed by atoms with Crippen molar-refractivity contribution in [1.29, 1.82) is 0 Å². The molecule has 1 fully saturated rings. The van der Waals surface area contributed by atoms with E-state index in [-0.39, 0.29) is 17.7 Å². The minimum absolute atomic E-state index is 0.222. The minimum Gasteiger partial charge on any atom is -0.369 e. The summed E-state index contributed by atoms with van der Waals surface area (Å²) in [6, 6.07) is 20.0. The number of amides is 1. The Bertz CT molecular complexity index is 987. The summed E-state index contributed by atoms with van der Waals surface area (Å²) in [6.07, 6.45) is 4.43. The smallest absolute Gasteiger partial charge is 0.225 e. The average molecular weight is 416 g/mol. The van der Waals surface area contributed by atoms with Crippen molar-refractivity contribution in [2.45, 2.75) is 25.2 Å². The number of hydrogen-bond acceptors (Lipinski definition) is 5. The van der Waals surface area contributed by atoms with Gasteiger partial charge in [-0.2, -0.15) is 0 Å². The van der Waals surface area contributed by atoms with Crippen molar-refractivity contribution in [2.24, 2.45) is 11.7 Å². The van der Waals surface area contributed by atoms with Crippen LogP contribution in [0, 0.1) is 5.92 Å². The second-order valence-corrected chi connectivity index (χ2v) is 7.97. The topological polar surface area (TPSA) is 92.9 Å². The van der Waals surface area contributed by atoms with E-state index in [2.05, 4.69) is 15.6 Å². The maximum Gasteiger partial charge on any atom is 0.225 e. The molecular weight excluding hydrogens is 386 g/mol. The molecule has 6 heteroatoms. The number of aromatic nitrogens is 2. The quantitative estimate of drug-likeness (QED) is 0.525. The van der Waals surface area contributed by atoms with Gasteiger partial charge in [-0.05, 0) is 50.0 Å². The van der Waals surface area contributed by atoms with Crippen molar-refractivity contribution in [2.75, 3.05) is 25.0 Å². The zero-order valence-corrected chi connectivity index (χ0v) is 17.6. The molecule has 3 heterocycles. The van der Waals surface area contributed by atoms with Crippen molar-refractivity contribution >= 4 is 11.7 Å². The van der Waals surface area contributed by atoms with E-state index in [1.165, 1.54) is 0 Å². The van der Waals surface area contributed by atoms with Crippen molar-refractivity contribution in [1.82, 2.24) is 15.3 Å². The van der Waals surface area contributed by atoms with Crippen LogP contribution < -0.4 is 16.4 Å². The molecule has 160 valence electrons. The molecule has 0 radical (unpaired) electrons. The van der Waals surface area contributed by atoms with Gasteiger partial charge in [-0.15, -0.1) is 0 Å². The second-order valence-electron chi connectivity index (χ2n) is 7.97. The Morgan fingerprint density at radius 1 is 1.06 bits per heavy atom. The van der Waals surface area contributed by atoms with Crippen LogP contribution in [0.5, 0.6) is 0 Å². The molecule has 2 aromatic heterocycles. The van der Waals surface area contributed by atoms with Crippen molar-refractivity contribution in [3.63, 3.8) is 0 Å². The number of nitrogens with two attached hydrogens (primary N) is 1. The van der Waals surface area contributed by atoms with Crippen molar-refractivity contribution in [3.8, 4) is 11.3 Å². The van der Waals surface area contributed by atoms with Gasteiger partial charge in [0.15, 0.2) is 0 Å². The molecule has 0 bridgehead atoms. The summed E-state index contributed by atoms with van der Waals surface area (Å²) in [6.45, 7) is 2.49. The van der Waals surface area contributed by atoms with Gasteiger partial charge < -0.3 is 16.4 Å². The highest BCUT2D eigenvalue weighted by Crippen LogP contribution is 2.35. The molecule has 1 amide bonds. The predicted molar refractivity (Wildman–Crippen MR) is 124 cm³/mol. The lowest BCUT2D eigenvalue weighted by molar-refractivity contribution is -0.120. The zero-order valence-electron chi connectivity index (χ0n) is 17.6. The molecule has 1 aliphatic heterocycles. The molecule has 1 saturated heterocycles. The number of nitrogens with one attached hydrogen (secondary N) is 2. The third-order valence-corrected chi connectivity index (χ3v) is 5.89. The van der Waals surface area contributed by atoms with E-state index in [0.717, 1.165) is 60.7 Å². The Labute approximate surface area is 183 Å². The van der Waals surface area contributed by atoms with Crippen LogP contribution in [0.25, 0.3) is 11.3 Å². The molecule has 6 nitrogen and oxygen atoms in total. The number of hydrogen-bond donors (Lipinski definition) is 3. The third kappa shape index (κ3) is 5.27. The lowest BCUT2D eigenvalue weighted by atomic mass is 9.80. The number of nitrogens with zero attached hydrogens (tertiary/aromatic N) is 2. The molecule has 3 aromatic rings. The van der Waals surface area contributed by atoms with Crippen LogP contribution in [0.1, 0.15) is 30.0 Å². The summed E-state index contributed by atoms with van der Waals surface area (Å²) in [5.41, 5.74) is 9.73. The van der Waals surface area contributed by atoms with E-state index in [4.69, 9.17) is 10.7 Å². The molecule has 31 heavy (non-hydrogen) atoms. The SMILES string of the molecule is NC(=O)C(c1ccc(-c2ccccc2)nc1NCCc1ccccn1)C1CCNCC1.